The van der Waals surface area contributed by atoms with Crippen LogP contribution in [0.25, 0.3) is 11.1 Å². The number of nitrogens with one attached hydrogen (secondary N) is 1. The lowest BCUT2D eigenvalue weighted by Gasteiger charge is -2.39. The fraction of sp³-hybridized carbons (Fsp3) is 0.296. The Morgan fingerprint density at radius 1 is 0.889 bits per heavy atom. The maximum absolute atomic E-state index is 13.0. The van der Waals surface area contributed by atoms with E-state index in [-0.39, 0.29) is 18.1 Å². The van der Waals surface area contributed by atoms with Gasteiger partial charge in [-0.05, 0) is 29.3 Å². The Kier molecular flexibility index (Phi) is 8.19. The molecule has 0 aromatic heterocycles. The third-order valence-electron chi connectivity index (χ3n) is 6.00. The van der Waals surface area contributed by atoms with E-state index in [9.17, 15) is 25.2 Å². The highest BCUT2D eigenvalue weighted by Gasteiger charge is 2.44. The average Bonchev–Trinajstić information content (AvgIpc) is 2.90. The molecule has 1 heterocycles. The number of carbonyl (C=O) groups excluding carboxylic acids is 1. The van der Waals surface area contributed by atoms with Gasteiger partial charge in [0.05, 0.1) is 25.8 Å². The maximum atomic E-state index is 13.0. The molecule has 0 aliphatic carbocycles. The first-order chi connectivity index (χ1) is 17.4. The highest BCUT2D eigenvalue weighted by atomic mass is 16.7. The largest absolute Gasteiger partial charge is 0.495 e. The van der Waals surface area contributed by atoms with Crippen molar-refractivity contribution in [2.45, 2.75) is 37.1 Å². The minimum atomic E-state index is -1.57. The molecule has 9 heteroatoms. The molecule has 1 aliphatic heterocycles. The summed E-state index contributed by atoms with van der Waals surface area (Å²) in [5.74, 6) is 0.430. The highest BCUT2D eigenvalue weighted by Crippen LogP contribution is 2.31. The van der Waals surface area contributed by atoms with Gasteiger partial charge < -0.3 is 40.0 Å². The van der Waals surface area contributed by atoms with Gasteiger partial charge in [0, 0.05) is 5.56 Å². The highest BCUT2D eigenvalue weighted by molar-refractivity contribution is 5.95. The lowest BCUT2D eigenvalue weighted by atomic mass is 9.99. The van der Waals surface area contributed by atoms with Crippen LogP contribution in [0.15, 0.2) is 72.8 Å². The normalized spacial score (nSPS) is 23.6. The van der Waals surface area contributed by atoms with E-state index in [0.29, 0.717) is 17.0 Å². The van der Waals surface area contributed by atoms with Crippen LogP contribution in [0.2, 0.25) is 0 Å². The van der Waals surface area contributed by atoms with Gasteiger partial charge in [0.25, 0.3) is 0 Å². The Balaban J connectivity index is 1.50. The van der Waals surface area contributed by atoms with Crippen LogP contribution in [-0.4, -0.2) is 70.8 Å². The number of rotatable bonds is 8. The number of benzene rings is 3. The summed E-state index contributed by atoms with van der Waals surface area (Å²) in [6.07, 6.45) is -7.14. The SMILES string of the molecule is COc1ccc(-c2ccccc2)cc1NC(=O)Cc1ccccc1OC1OC(CO)C(O)C(O)C1O. The third kappa shape index (κ3) is 5.67. The summed E-state index contributed by atoms with van der Waals surface area (Å²) in [4.78, 5) is 13.0. The summed E-state index contributed by atoms with van der Waals surface area (Å²) in [5.41, 5.74) is 2.92. The van der Waals surface area contributed by atoms with Crippen molar-refractivity contribution in [3.63, 3.8) is 0 Å². The van der Waals surface area contributed by atoms with Crippen LogP contribution in [0.5, 0.6) is 11.5 Å². The molecule has 3 aromatic rings. The van der Waals surface area contributed by atoms with E-state index in [0.717, 1.165) is 11.1 Å². The number of hydrogen-bond donors (Lipinski definition) is 5. The lowest BCUT2D eigenvalue weighted by Crippen LogP contribution is -2.60. The van der Waals surface area contributed by atoms with E-state index < -0.39 is 37.3 Å². The minimum Gasteiger partial charge on any atom is -0.495 e. The molecule has 9 nitrogen and oxygen atoms in total. The molecule has 4 rings (SSSR count). The van der Waals surface area contributed by atoms with Crippen LogP contribution in [-0.2, 0) is 16.0 Å². The number of amides is 1. The zero-order valence-corrected chi connectivity index (χ0v) is 19.7. The van der Waals surface area contributed by atoms with E-state index in [1.165, 1.54) is 7.11 Å². The second kappa shape index (κ2) is 11.5. The van der Waals surface area contributed by atoms with Crippen molar-refractivity contribution in [3.8, 4) is 22.6 Å². The van der Waals surface area contributed by atoms with Gasteiger partial charge in [0.15, 0.2) is 0 Å². The summed E-state index contributed by atoms with van der Waals surface area (Å²) >= 11 is 0. The number of aliphatic hydroxyl groups excluding tert-OH is 4. The predicted octanol–water partition coefficient (Wildman–Crippen LogP) is 1.72. The van der Waals surface area contributed by atoms with E-state index >= 15 is 0 Å². The van der Waals surface area contributed by atoms with Gasteiger partial charge in [-0.3, -0.25) is 4.79 Å². The monoisotopic (exact) mass is 495 g/mol. The zero-order chi connectivity index (χ0) is 25.7. The first-order valence-electron chi connectivity index (χ1n) is 11.5. The van der Waals surface area contributed by atoms with Crippen molar-refractivity contribution in [3.05, 3.63) is 78.4 Å². The first-order valence-corrected chi connectivity index (χ1v) is 11.5. The predicted molar refractivity (Wildman–Crippen MR) is 132 cm³/mol. The Bertz CT molecular complexity index is 1170. The number of methoxy groups -OCH3 is 1. The molecule has 36 heavy (non-hydrogen) atoms. The Morgan fingerprint density at radius 2 is 1.61 bits per heavy atom. The number of ether oxygens (including phenoxy) is 3. The standard InChI is InChI=1S/C27H29NO8/c1-34-21-12-11-17(16-7-3-2-4-8-16)13-19(21)28-23(30)14-18-9-5-6-10-20(18)35-27-26(33)25(32)24(31)22(15-29)36-27/h2-13,22,24-27,29,31-33H,14-15H2,1H3,(H,28,30). The van der Waals surface area contributed by atoms with Gasteiger partial charge in [-0.15, -0.1) is 0 Å². The molecule has 0 spiro atoms. The topological polar surface area (TPSA) is 138 Å². The fourth-order valence-corrected chi connectivity index (χ4v) is 4.04. The summed E-state index contributed by atoms with van der Waals surface area (Å²) in [6, 6.07) is 22.0. The molecule has 1 fully saturated rings. The van der Waals surface area contributed by atoms with Gasteiger partial charge in [-0.1, -0.05) is 54.6 Å². The Labute approximate surface area is 208 Å². The van der Waals surface area contributed by atoms with Gasteiger partial charge in [0.1, 0.15) is 35.9 Å². The maximum Gasteiger partial charge on any atom is 0.229 e. The quantitative estimate of drug-likeness (QED) is 0.319. The Hall–Kier alpha value is -3.47. The number of anilines is 1. The van der Waals surface area contributed by atoms with E-state index in [1.54, 1.807) is 30.3 Å². The smallest absolute Gasteiger partial charge is 0.229 e. The minimum absolute atomic E-state index is 0.0632. The van der Waals surface area contributed by atoms with Crippen LogP contribution in [0.3, 0.4) is 0 Å². The molecule has 5 atom stereocenters. The molecule has 0 bridgehead atoms. The molecule has 0 radical (unpaired) electrons. The molecular formula is C27H29NO8. The van der Waals surface area contributed by atoms with Crippen molar-refractivity contribution in [1.29, 1.82) is 0 Å². The van der Waals surface area contributed by atoms with Crippen LogP contribution in [0.1, 0.15) is 5.56 Å². The third-order valence-corrected chi connectivity index (χ3v) is 6.00. The summed E-state index contributed by atoms with van der Waals surface area (Å²) in [7, 11) is 1.52. The number of aliphatic hydroxyl groups is 4. The molecule has 5 N–H and O–H groups in total. The van der Waals surface area contributed by atoms with Crippen molar-refractivity contribution >= 4 is 11.6 Å². The average molecular weight is 496 g/mol. The first kappa shape index (κ1) is 25.6. The lowest BCUT2D eigenvalue weighted by molar-refractivity contribution is -0.277. The molecule has 1 aliphatic rings. The summed E-state index contributed by atoms with van der Waals surface area (Å²) in [6.45, 7) is -0.571. The second-order valence-corrected chi connectivity index (χ2v) is 8.43. The van der Waals surface area contributed by atoms with E-state index in [2.05, 4.69) is 5.32 Å². The van der Waals surface area contributed by atoms with Crippen LogP contribution in [0.4, 0.5) is 5.69 Å². The molecule has 1 saturated heterocycles. The van der Waals surface area contributed by atoms with Gasteiger partial charge in [-0.25, -0.2) is 0 Å². The molecule has 5 unspecified atom stereocenters. The van der Waals surface area contributed by atoms with E-state index in [4.69, 9.17) is 14.2 Å². The molecule has 0 saturated carbocycles. The van der Waals surface area contributed by atoms with Crippen LogP contribution < -0.4 is 14.8 Å². The number of para-hydroxylation sites is 1. The summed E-state index contributed by atoms with van der Waals surface area (Å²) < 4.78 is 16.6. The van der Waals surface area contributed by atoms with Crippen molar-refractivity contribution in [2.75, 3.05) is 19.0 Å². The number of hydrogen-bond acceptors (Lipinski definition) is 8. The van der Waals surface area contributed by atoms with Gasteiger partial charge >= 0.3 is 0 Å². The van der Waals surface area contributed by atoms with Gasteiger partial charge in [0.2, 0.25) is 12.2 Å². The van der Waals surface area contributed by atoms with Crippen molar-refractivity contribution in [2.24, 2.45) is 0 Å². The molecular weight excluding hydrogens is 466 g/mol. The molecule has 3 aromatic carbocycles. The summed E-state index contributed by atoms with van der Waals surface area (Å²) in [5, 5.41) is 42.6. The van der Waals surface area contributed by atoms with Crippen molar-refractivity contribution < 1.29 is 39.4 Å². The number of carbonyl (C=O) groups is 1. The van der Waals surface area contributed by atoms with Crippen LogP contribution >= 0.6 is 0 Å². The fourth-order valence-electron chi connectivity index (χ4n) is 4.04. The Morgan fingerprint density at radius 3 is 2.33 bits per heavy atom. The second-order valence-electron chi connectivity index (χ2n) is 8.43. The van der Waals surface area contributed by atoms with Gasteiger partial charge in [-0.2, -0.15) is 0 Å². The van der Waals surface area contributed by atoms with Crippen molar-refractivity contribution in [1.82, 2.24) is 0 Å². The molecule has 1 amide bonds. The zero-order valence-electron chi connectivity index (χ0n) is 19.7. The molecule has 190 valence electrons. The van der Waals surface area contributed by atoms with E-state index in [1.807, 2.05) is 42.5 Å². The van der Waals surface area contributed by atoms with Crippen LogP contribution in [0, 0.1) is 0 Å².